The van der Waals surface area contributed by atoms with E-state index in [1.165, 1.54) is 11.3 Å². The van der Waals surface area contributed by atoms with E-state index in [2.05, 4.69) is 5.32 Å². The molecule has 0 radical (unpaired) electrons. The van der Waals surface area contributed by atoms with Crippen molar-refractivity contribution in [2.45, 2.75) is 38.1 Å². The topological polar surface area (TPSA) is 66.4 Å². The second kappa shape index (κ2) is 6.82. The second-order valence-electron chi connectivity index (χ2n) is 4.92. The lowest BCUT2D eigenvalue weighted by molar-refractivity contribution is -0.122. The first-order valence-electron chi connectivity index (χ1n) is 6.67. The van der Waals surface area contributed by atoms with Crippen molar-refractivity contribution in [1.82, 2.24) is 5.32 Å². The molecule has 1 saturated carbocycles. The van der Waals surface area contributed by atoms with Gasteiger partial charge in [-0.2, -0.15) is 0 Å². The summed E-state index contributed by atoms with van der Waals surface area (Å²) >= 11 is 1.41. The van der Waals surface area contributed by atoms with Gasteiger partial charge in [-0.25, -0.2) is 0 Å². The summed E-state index contributed by atoms with van der Waals surface area (Å²) in [5.41, 5.74) is 0. The standard InChI is InChI=1S/C14H19NO3S/c16-8-7-11(10-3-4-10)15-14(18)6-5-12(17)13-2-1-9-19-13/h1-2,9-11,16H,3-8H2,(H,15,18). The van der Waals surface area contributed by atoms with E-state index >= 15 is 0 Å². The molecule has 0 aliphatic heterocycles. The molecule has 1 aliphatic carbocycles. The number of carbonyl (C=O) groups is 2. The van der Waals surface area contributed by atoms with Crippen LogP contribution in [0, 0.1) is 5.92 Å². The van der Waals surface area contributed by atoms with Gasteiger partial charge in [0, 0.05) is 25.5 Å². The van der Waals surface area contributed by atoms with Crippen molar-refractivity contribution in [2.75, 3.05) is 6.61 Å². The molecule has 0 bridgehead atoms. The highest BCUT2D eigenvalue weighted by atomic mass is 32.1. The zero-order valence-electron chi connectivity index (χ0n) is 10.8. The smallest absolute Gasteiger partial charge is 0.220 e. The van der Waals surface area contributed by atoms with E-state index in [1.54, 1.807) is 6.07 Å². The Morgan fingerprint density at radius 1 is 1.42 bits per heavy atom. The van der Waals surface area contributed by atoms with Crippen LogP contribution in [0.3, 0.4) is 0 Å². The lowest BCUT2D eigenvalue weighted by Crippen LogP contribution is -2.37. The largest absolute Gasteiger partial charge is 0.396 e. The minimum atomic E-state index is -0.0877. The maximum absolute atomic E-state index is 11.8. The van der Waals surface area contributed by atoms with Crippen LogP contribution in [0.15, 0.2) is 17.5 Å². The first-order valence-corrected chi connectivity index (χ1v) is 7.55. The highest BCUT2D eigenvalue weighted by molar-refractivity contribution is 7.12. The van der Waals surface area contributed by atoms with Crippen LogP contribution in [0.1, 0.15) is 41.8 Å². The van der Waals surface area contributed by atoms with Gasteiger partial charge in [-0.05, 0) is 36.6 Å². The van der Waals surface area contributed by atoms with E-state index in [4.69, 9.17) is 5.11 Å². The summed E-state index contributed by atoms with van der Waals surface area (Å²) in [6.45, 7) is 0.0928. The first-order chi connectivity index (χ1) is 9.20. The third-order valence-electron chi connectivity index (χ3n) is 3.35. The molecule has 1 aromatic heterocycles. The van der Waals surface area contributed by atoms with E-state index < -0.39 is 0 Å². The maximum atomic E-state index is 11.8. The van der Waals surface area contributed by atoms with Crippen molar-refractivity contribution < 1.29 is 14.7 Å². The number of thiophene rings is 1. The normalized spacial score (nSPS) is 16.1. The molecule has 1 unspecified atom stereocenters. The van der Waals surface area contributed by atoms with Crippen molar-refractivity contribution in [3.8, 4) is 0 Å². The van der Waals surface area contributed by atoms with Gasteiger partial charge in [0.25, 0.3) is 0 Å². The Bertz CT molecular complexity index is 426. The molecule has 0 saturated heterocycles. The van der Waals surface area contributed by atoms with Gasteiger partial charge in [0.2, 0.25) is 5.91 Å². The maximum Gasteiger partial charge on any atom is 0.220 e. The van der Waals surface area contributed by atoms with Gasteiger partial charge in [-0.15, -0.1) is 11.3 Å². The number of Topliss-reactive ketones (excluding diaryl/α,β-unsaturated/α-hetero) is 1. The molecule has 4 nitrogen and oxygen atoms in total. The molecule has 1 heterocycles. The highest BCUT2D eigenvalue weighted by Crippen LogP contribution is 2.33. The average Bonchev–Trinajstić information content (AvgIpc) is 3.10. The van der Waals surface area contributed by atoms with Gasteiger partial charge in [0.05, 0.1) is 4.88 Å². The average molecular weight is 281 g/mol. The molecule has 1 aromatic rings. The predicted molar refractivity (Wildman–Crippen MR) is 74.2 cm³/mol. The number of ketones is 1. The predicted octanol–water partition coefficient (Wildman–Crippen LogP) is 1.99. The number of carbonyl (C=O) groups excluding carboxylic acids is 2. The Morgan fingerprint density at radius 2 is 2.21 bits per heavy atom. The zero-order chi connectivity index (χ0) is 13.7. The number of nitrogens with one attached hydrogen (secondary N) is 1. The van der Waals surface area contributed by atoms with Crippen molar-refractivity contribution in [3.05, 3.63) is 22.4 Å². The van der Waals surface area contributed by atoms with Crippen LogP contribution in [0.2, 0.25) is 0 Å². The molecule has 1 amide bonds. The number of aliphatic hydroxyl groups is 1. The molecule has 1 fully saturated rings. The van der Waals surface area contributed by atoms with Gasteiger partial charge in [0.15, 0.2) is 5.78 Å². The van der Waals surface area contributed by atoms with E-state index in [0.717, 1.165) is 12.8 Å². The lowest BCUT2D eigenvalue weighted by atomic mass is 10.1. The van der Waals surface area contributed by atoms with Crippen LogP contribution >= 0.6 is 11.3 Å². The van der Waals surface area contributed by atoms with Crippen LogP contribution in [-0.4, -0.2) is 29.4 Å². The van der Waals surface area contributed by atoms with Crippen molar-refractivity contribution in [1.29, 1.82) is 0 Å². The third kappa shape index (κ3) is 4.44. The Labute approximate surface area is 116 Å². The molecule has 1 atom stereocenters. The highest BCUT2D eigenvalue weighted by Gasteiger charge is 2.31. The minimum Gasteiger partial charge on any atom is -0.396 e. The van der Waals surface area contributed by atoms with Crippen LogP contribution in [-0.2, 0) is 4.79 Å². The van der Waals surface area contributed by atoms with Crippen molar-refractivity contribution in [2.24, 2.45) is 5.92 Å². The summed E-state index contributed by atoms with van der Waals surface area (Å²) in [7, 11) is 0. The summed E-state index contributed by atoms with van der Waals surface area (Å²) in [5, 5.41) is 13.8. The van der Waals surface area contributed by atoms with Gasteiger partial charge < -0.3 is 10.4 Å². The van der Waals surface area contributed by atoms with E-state index in [1.807, 2.05) is 11.4 Å². The summed E-state index contributed by atoms with van der Waals surface area (Å²) in [6, 6.07) is 3.70. The van der Waals surface area contributed by atoms with Crippen molar-refractivity contribution in [3.63, 3.8) is 0 Å². The number of hydrogen-bond donors (Lipinski definition) is 2. The number of amides is 1. The lowest BCUT2D eigenvalue weighted by Gasteiger charge is -2.16. The van der Waals surface area contributed by atoms with Gasteiger partial charge in [-0.1, -0.05) is 6.07 Å². The quantitative estimate of drug-likeness (QED) is 0.716. The Balaban J connectivity index is 1.73. The van der Waals surface area contributed by atoms with Crippen LogP contribution < -0.4 is 5.32 Å². The fourth-order valence-electron chi connectivity index (χ4n) is 2.13. The van der Waals surface area contributed by atoms with E-state index in [9.17, 15) is 9.59 Å². The zero-order valence-corrected chi connectivity index (χ0v) is 11.6. The number of hydrogen-bond acceptors (Lipinski definition) is 4. The SMILES string of the molecule is O=C(CCC(=O)c1cccs1)NC(CCO)C1CC1. The summed E-state index contributed by atoms with van der Waals surface area (Å²) < 4.78 is 0. The minimum absolute atomic E-state index is 0.0234. The molecule has 5 heteroatoms. The molecule has 2 N–H and O–H groups in total. The van der Waals surface area contributed by atoms with Crippen LogP contribution in [0.5, 0.6) is 0 Å². The van der Waals surface area contributed by atoms with Gasteiger partial charge in [-0.3, -0.25) is 9.59 Å². The van der Waals surface area contributed by atoms with Crippen LogP contribution in [0.25, 0.3) is 0 Å². The molecule has 0 spiro atoms. The van der Waals surface area contributed by atoms with Crippen LogP contribution in [0.4, 0.5) is 0 Å². The van der Waals surface area contributed by atoms with Gasteiger partial charge >= 0.3 is 0 Å². The molecule has 0 aromatic carbocycles. The monoisotopic (exact) mass is 281 g/mol. The third-order valence-corrected chi connectivity index (χ3v) is 4.26. The first kappa shape index (κ1) is 14.2. The molecule has 104 valence electrons. The second-order valence-corrected chi connectivity index (χ2v) is 5.87. The molecule has 2 rings (SSSR count). The molecular weight excluding hydrogens is 262 g/mol. The van der Waals surface area contributed by atoms with E-state index in [0.29, 0.717) is 17.2 Å². The van der Waals surface area contributed by atoms with E-state index in [-0.39, 0.29) is 37.2 Å². The Morgan fingerprint density at radius 3 is 2.79 bits per heavy atom. The fourth-order valence-corrected chi connectivity index (χ4v) is 2.82. The Kier molecular flexibility index (Phi) is 5.10. The number of aliphatic hydroxyl groups excluding tert-OH is 1. The molecule has 19 heavy (non-hydrogen) atoms. The summed E-state index contributed by atoms with van der Waals surface area (Å²) in [5.74, 6) is 0.453. The number of rotatable bonds is 8. The molecular formula is C14H19NO3S. The molecule has 1 aliphatic rings. The van der Waals surface area contributed by atoms with Crippen molar-refractivity contribution >= 4 is 23.0 Å². The fraction of sp³-hybridized carbons (Fsp3) is 0.571. The summed E-state index contributed by atoms with van der Waals surface area (Å²) in [4.78, 5) is 24.3. The Hall–Kier alpha value is -1.20. The van der Waals surface area contributed by atoms with Gasteiger partial charge in [0.1, 0.15) is 0 Å². The summed E-state index contributed by atoms with van der Waals surface area (Å²) in [6.07, 6.45) is 3.33.